The molecule has 0 amide bonds. The standard InChI is InChI=1S/C24H26ClFN4O4S2/c1-24(2,17-7-5-4-6-8-17)29-10-9-18(13-29)28(3)21-12-20(26)22(11-19(21)25)36(32,33)30(34-16-31)23-14-35-15-27-23/h4-8,11-12,14-16,18H,9-10,13H2,1-3H3/t18-/m0/s1. The monoisotopic (exact) mass is 552 g/mol. The highest BCUT2D eigenvalue weighted by atomic mass is 35.5. The molecule has 0 bridgehead atoms. The highest BCUT2D eigenvalue weighted by molar-refractivity contribution is 7.92. The molecular formula is C24H26ClFN4O4S2. The van der Waals surface area contributed by atoms with Crippen LogP contribution < -0.4 is 9.37 Å². The Kier molecular flexibility index (Phi) is 7.56. The van der Waals surface area contributed by atoms with Crippen LogP contribution in [0.4, 0.5) is 15.9 Å². The lowest BCUT2D eigenvalue weighted by molar-refractivity contribution is -0.128. The summed E-state index contributed by atoms with van der Waals surface area (Å²) in [6.07, 6.45) is 0.829. The molecule has 2 aromatic carbocycles. The van der Waals surface area contributed by atoms with Crippen LogP contribution in [0.25, 0.3) is 0 Å². The Hall–Kier alpha value is -2.73. The largest absolute Gasteiger partial charge is 0.369 e. The minimum absolute atomic E-state index is 0.0391. The SMILES string of the molecule is CN(c1cc(F)c(S(=O)(=O)N(OC=O)c2cscn2)cc1Cl)[C@H]1CCN(C(C)(C)c2ccccc2)C1. The van der Waals surface area contributed by atoms with Crippen LogP contribution >= 0.6 is 22.9 Å². The fourth-order valence-electron chi connectivity index (χ4n) is 4.44. The molecule has 12 heteroatoms. The highest BCUT2D eigenvalue weighted by Crippen LogP contribution is 2.37. The number of carbonyl (C=O) groups excluding carboxylic acids is 1. The van der Waals surface area contributed by atoms with Crippen molar-refractivity contribution in [3.05, 3.63) is 69.8 Å². The van der Waals surface area contributed by atoms with E-state index >= 15 is 4.39 Å². The number of benzene rings is 2. The van der Waals surface area contributed by atoms with Crippen molar-refractivity contribution >= 4 is 50.9 Å². The van der Waals surface area contributed by atoms with Gasteiger partial charge in [0, 0.05) is 43.2 Å². The van der Waals surface area contributed by atoms with Crippen molar-refractivity contribution in [1.82, 2.24) is 9.88 Å². The molecule has 1 aliphatic heterocycles. The first-order valence-electron chi connectivity index (χ1n) is 11.1. The predicted octanol–water partition coefficient (Wildman–Crippen LogP) is 4.66. The first kappa shape index (κ1) is 26.3. The third kappa shape index (κ3) is 4.93. The summed E-state index contributed by atoms with van der Waals surface area (Å²) in [6.45, 7) is 5.84. The van der Waals surface area contributed by atoms with Gasteiger partial charge in [-0.15, -0.1) is 11.3 Å². The van der Waals surface area contributed by atoms with Crippen molar-refractivity contribution in [1.29, 1.82) is 0 Å². The van der Waals surface area contributed by atoms with Crippen molar-refractivity contribution in [3.63, 3.8) is 0 Å². The van der Waals surface area contributed by atoms with Crippen LogP contribution in [0.3, 0.4) is 0 Å². The summed E-state index contributed by atoms with van der Waals surface area (Å²) >= 11 is 7.57. The van der Waals surface area contributed by atoms with E-state index in [1.54, 1.807) is 0 Å². The number of hydrogen-bond donors (Lipinski definition) is 0. The van der Waals surface area contributed by atoms with Crippen molar-refractivity contribution < 1.29 is 22.4 Å². The zero-order chi connectivity index (χ0) is 26.1. The Bertz CT molecular complexity index is 1320. The minimum Gasteiger partial charge on any atom is -0.369 e. The molecule has 1 fully saturated rings. The van der Waals surface area contributed by atoms with E-state index in [9.17, 15) is 13.2 Å². The molecule has 4 rings (SSSR count). The molecule has 3 aromatic rings. The molecule has 0 aliphatic carbocycles. The summed E-state index contributed by atoms with van der Waals surface area (Å²) in [6, 6.07) is 12.4. The Morgan fingerprint density at radius 2 is 2.00 bits per heavy atom. The third-order valence-corrected chi connectivity index (χ3v) is 9.06. The summed E-state index contributed by atoms with van der Waals surface area (Å²) in [4.78, 5) is 22.9. The molecule has 0 spiro atoms. The zero-order valence-electron chi connectivity index (χ0n) is 20.0. The van der Waals surface area contributed by atoms with E-state index in [4.69, 9.17) is 11.6 Å². The number of rotatable bonds is 9. The number of anilines is 2. The molecule has 0 saturated carbocycles. The average Bonchev–Trinajstić information content (AvgIpc) is 3.56. The lowest BCUT2D eigenvalue weighted by atomic mass is 9.92. The van der Waals surface area contributed by atoms with Gasteiger partial charge < -0.3 is 9.74 Å². The van der Waals surface area contributed by atoms with E-state index in [0.29, 0.717) is 5.69 Å². The Labute approximate surface area is 218 Å². The lowest BCUT2D eigenvalue weighted by Gasteiger charge is -2.37. The molecule has 2 heterocycles. The molecule has 0 radical (unpaired) electrons. The van der Waals surface area contributed by atoms with E-state index in [1.165, 1.54) is 16.5 Å². The number of hydrogen-bond acceptors (Lipinski definition) is 8. The van der Waals surface area contributed by atoms with E-state index in [2.05, 4.69) is 40.7 Å². The van der Waals surface area contributed by atoms with Gasteiger partial charge in [-0.25, -0.2) is 9.37 Å². The summed E-state index contributed by atoms with van der Waals surface area (Å²) < 4.78 is 41.7. The van der Waals surface area contributed by atoms with Crippen molar-refractivity contribution in [2.45, 2.75) is 36.7 Å². The molecule has 1 aromatic heterocycles. The van der Waals surface area contributed by atoms with Crippen LogP contribution in [0.2, 0.25) is 5.02 Å². The first-order valence-corrected chi connectivity index (χ1v) is 13.9. The normalized spacial score (nSPS) is 16.6. The number of thiazole rings is 1. The zero-order valence-corrected chi connectivity index (χ0v) is 22.4. The van der Waals surface area contributed by atoms with E-state index in [0.717, 1.165) is 43.0 Å². The number of nitrogens with zero attached hydrogens (tertiary/aromatic N) is 4. The van der Waals surface area contributed by atoms with Crippen molar-refractivity contribution in [2.24, 2.45) is 0 Å². The molecule has 1 atom stereocenters. The van der Waals surface area contributed by atoms with Gasteiger partial charge in [0.05, 0.1) is 16.2 Å². The fraction of sp³-hybridized carbons (Fsp3) is 0.333. The average molecular weight is 553 g/mol. The van der Waals surface area contributed by atoms with Gasteiger partial charge in [0.2, 0.25) is 0 Å². The number of carbonyl (C=O) groups is 1. The van der Waals surface area contributed by atoms with Gasteiger partial charge in [-0.2, -0.15) is 8.42 Å². The van der Waals surface area contributed by atoms with Gasteiger partial charge >= 0.3 is 6.47 Å². The van der Waals surface area contributed by atoms with Crippen LogP contribution in [0.1, 0.15) is 25.8 Å². The topological polar surface area (TPSA) is 83.1 Å². The maximum absolute atomic E-state index is 15.2. The molecule has 1 saturated heterocycles. The van der Waals surface area contributed by atoms with E-state index < -0.39 is 20.7 Å². The molecular weight excluding hydrogens is 527 g/mol. The maximum Gasteiger partial charge on any atom is 0.322 e. The van der Waals surface area contributed by atoms with E-state index in [1.807, 2.05) is 30.1 Å². The van der Waals surface area contributed by atoms with Crippen LogP contribution in [0, 0.1) is 5.82 Å². The van der Waals surface area contributed by atoms with Crippen LogP contribution in [0.5, 0.6) is 0 Å². The number of halogens is 2. The van der Waals surface area contributed by atoms with Gasteiger partial charge in [-0.3, -0.25) is 9.69 Å². The summed E-state index contributed by atoms with van der Waals surface area (Å²) in [7, 11) is -2.81. The maximum atomic E-state index is 15.2. The quantitative estimate of drug-likeness (QED) is 0.282. The summed E-state index contributed by atoms with van der Waals surface area (Å²) in [5.74, 6) is -1.19. The van der Waals surface area contributed by atoms with Gasteiger partial charge in [0.25, 0.3) is 10.0 Å². The van der Waals surface area contributed by atoms with Gasteiger partial charge in [-0.1, -0.05) is 46.4 Å². The summed E-state index contributed by atoms with van der Waals surface area (Å²) in [5, 5.41) is 1.41. The lowest BCUT2D eigenvalue weighted by Crippen LogP contribution is -2.42. The van der Waals surface area contributed by atoms with Gasteiger partial charge in [0.1, 0.15) is 10.7 Å². The van der Waals surface area contributed by atoms with Crippen molar-refractivity contribution in [3.8, 4) is 0 Å². The molecule has 192 valence electrons. The number of aromatic nitrogens is 1. The van der Waals surface area contributed by atoms with Crippen LogP contribution in [-0.2, 0) is 25.2 Å². The highest BCUT2D eigenvalue weighted by Gasteiger charge is 2.37. The second kappa shape index (κ2) is 10.3. The molecule has 0 unspecified atom stereocenters. The predicted molar refractivity (Wildman–Crippen MR) is 138 cm³/mol. The van der Waals surface area contributed by atoms with Gasteiger partial charge in [0.15, 0.2) is 5.82 Å². The van der Waals surface area contributed by atoms with E-state index in [-0.39, 0.29) is 33.4 Å². The molecule has 8 nitrogen and oxygen atoms in total. The first-order chi connectivity index (χ1) is 17.1. The summed E-state index contributed by atoms with van der Waals surface area (Å²) in [5.41, 5.74) is 2.74. The minimum atomic E-state index is -4.62. The smallest absolute Gasteiger partial charge is 0.322 e. The molecule has 1 aliphatic rings. The Balaban J connectivity index is 1.58. The number of likely N-dealkylation sites (tertiary alicyclic amines) is 1. The number of likely N-dealkylation sites (N-methyl/N-ethyl adjacent to an activating group) is 1. The number of sulfonamides is 1. The van der Waals surface area contributed by atoms with Gasteiger partial charge in [-0.05, 0) is 31.9 Å². The molecule has 36 heavy (non-hydrogen) atoms. The fourth-order valence-corrected chi connectivity index (χ4v) is 6.62. The Morgan fingerprint density at radius 1 is 1.28 bits per heavy atom. The Morgan fingerprint density at radius 3 is 2.64 bits per heavy atom. The van der Waals surface area contributed by atoms with Crippen LogP contribution in [0.15, 0.2) is 58.3 Å². The second-order valence-electron chi connectivity index (χ2n) is 8.94. The third-order valence-electron chi connectivity index (χ3n) is 6.60. The second-order valence-corrected chi connectivity index (χ2v) is 11.8. The van der Waals surface area contributed by atoms with Crippen LogP contribution in [-0.4, -0.2) is 51.0 Å². The van der Waals surface area contributed by atoms with Crippen molar-refractivity contribution in [2.75, 3.05) is 29.5 Å². The molecule has 0 N–H and O–H groups in total.